The zero-order valence-corrected chi connectivity index (χ0v) is 13.9. The molecular formula is C17H26ClN3. The zero-order chi connectivity index (χ0) is 14.8. The van der Waals surface area contributed by atoms with Crippen LogP contribution in [0, 0.1) is 0 Å². The summed E-state index contributed by atoms with van der Waals surface area (Å²) in [6, 6.07) is 7.67. The summed E-state index contributed by atoms with van der Waals surface area (Å²) in [7, 11) is 0. The molecule has 1 aromatic carbocycles. The first-order chi connectivity index (χ1) is 10.1. The van der Waals surface area contributed by atoms with Gasteiger partial charge in [0.2, 0.25) is 0 Å². The van der Waals surface area contributed by atoms with Crippen LogP contribution in [0.15, 0.2) is 18.2 Å². The van der Waals surface area contributed by atoms with E-state index >= 15 is 0 Å². The van der Waals surface area contributed by atoms with Gasteiger partial charge in [-0.2, -0.15) is 0 Å². The van der Waals surface area contributed by atoms with Crippen LogP contribution in [-0.2, 0) is 6.54 Å². The Morgan fingerprint density at radius 1 is 1.19 bits per heavy atom. The molecule has 1 saturated carbocycles. The van der Waals surface area contributed by atoms with Crippen molar-refractivity contribution in [2.75, 3.05) is 31.1 Å². The number of rotatable bonds is 5. The maximum absolute atomic E-state index is 6.51. The maximum atomic E-state index is 6.51. The number of piperazine rings is 1. The fourth-order valence-corrected chi connectivity index (χ4v) is 3.37. The van der Waals surface area contributed by atoms with Gasteiger partial charge < -0.3 is 10.2 Å². The molecule has 1 heterocycles. The molecule has 0 radical (unpaired) electrons. The number of halogens is 1. The van der Waals surface area contributed by atoms with Crippen LogP contribution in [-0.4, -0.2) is 43.2 Å². The molecule has 4 heteroatoms. The Morgan fingerprint density at radius 2 is 1.90 bits per heavy atom. The van der Waals surface area contributed by atoms with Crippen molar-refractivity contribution in [2.45, 2.75) is 45.3 Å². The van der Waals surface area contributed by atoms with Crippen molar-refractivity contribution in [3.63, 3.8) is 0 Å². The summed E-state index contributed by atoms with van der Waals surface area (Å²) < 4.78 is 0. The van der Waals surface area contributed by atoms with Gasteiger partial charge in [-0.1, -0.05) is 23.7 Å². The molecule has 1 N–H and O–H groups in total. The van der Waals surface area contributed by atoms with E-state index in [1.165, 1.54) is 24.1 Å². The molecule has 2 fully saturated rings. The number of nitrogens with zero attached hydrogens (tertiary/aromatic N) is 2. The van der Waals surface area contributed by atoms with E-state index in [2.05, 4.69) is 41.1 Å². The van der Waals surface area contributed by atoms with Crippen LogP contribution in [0.25, 0.3) is 0 Å². The summed E-state index contributed by atoms with van der Waals surface area (Å²) in [6.07, 6.45) is 2.64. The molecule has 1 saturated heterocycles. The lowest BCUT2D eigenvalue weighted by atomic mass is 10.1. The lowest BCUT2D eigenvalue weighted by Crippen LogP contribution is -2.49. The van der Waals surface area contributed by atoms with E-state index in [1.807, 2.05) is 6.07 Å². The Morgan fingerprint density at radius 3 is 2.52 bits per heavy atom. The average molecular weight is 308 g/mol. The minimum atomic E-state index is 0.634. The van der Waals surface area contributed by atoms with Gasteiger partial charge in [0.1, 0.15) is 0 Å². The number of anilines is 1. The van der Waals surface area contributed by atoms with Crippen molar-refractivity contribution >= 4 is 17.3 Å². The largest absolute Gasteiger partial charge is 0.367 e. The lowest BCUT2D eigenvalue weighted by Gasteiger charge is -2.39. The Hall–Kier alpha value is -0.770. The molecule has 1 aliphatic heterocycles. The zero-order valence-electron chi connectivity index (χ0n) is 13.1. The predicted molar refractivity (Wildman–Crippen MR) is 90.2 cm³/mol. The van der Waals surface area contributed by atoms with E-state index in [1.54, 1.807) is 0 Å². The maximum Gasteiger partial charge on any atom is 0.0642 e. The van der Waals surface area contributed by atoms with Gasteiger partial charge in [0.05, 0.1) is 10.7 Å². The topological polar surface area (TPSA) is 18.5 Å². The van der Waals surface area contributed by atoms with Crippen molar-refractivity contribution < 1.29 is 0 Å². The van der Waals surface area contributed by atoms with Crippen molar-refractivity contribution in [3.05, 3.63) is 28.8 Å². The minimum absolute atomic E-state index is 0.634. The second-order valence-corrected chi connectivity index (χ2v) is 6.93. The number of hydrogen-bond donors (Lipinski definition) is 1. The second kappa shape index (κ2) is 6.55. The third kappa shape index (κ3) is 3.71. The second-order valence-electron chi connectivity index (χ2n) is 6.52. The molecule has 1 aliphatic carbocycles. The van der Waals surface area contributed by atoms with E-state index in [4.69, 9.17) is 11.6 Å². The van der Waals surface area contributed by atoms with Crippen LogP contribution in [0.1, 0.15) is 32.3 Å². The summed E-state index contributed by atoms with van der Waals surface area (Å²) in [5.41, 5.74) is 2.59. The summed E-state index contributed by atoms with van der Waals surface area (Å²) in [5, 5.41) is 4.50. The number of nitrogens with one attached hydrogen (secondary N) is 1. The molecule has 0 spiro atoms. The quantitative estimate of drug-likeness (QED) is 0.901. The number of hydrogen-bond acceptors (Lipinski definition) is 3. The molecule has 3 nitrogen and oxygen atoms in total. The first-order valence-electron chi connectivity index (χ1n) is 8.15. The van der Waals surface area contributed by atoms with Gasteiger partial charge >= 0.3 is 0 Å². The van der Waals surface area contributed by atoms with Crippen LogP contribution < -0.4 is 10.2 Å². The Bertz CT molecular complexity index is 477. The van der Waals surface area contributed by atoms with Crippen molar-refractivity contribution in [1.29, 1.82) is 0 Å². The normalized spacial score (nSPS) is 20.3. The van der Waals surface area contributed by atoms with Gasteiger partial charge in [-0.3, -0.25) is 4.90 Å². The fraction of sp³-hybridized carbons (Fsp3) is 0.647. The van der Waals surface area contributed by atoms with Crippen LogP contribution in [0.4, 0.5) is 5.69 Å². The monoisotopic (exact) mass is 307 g/mol. The highest BCUT2D eigenvalue weighted by Gasteiger charge is 2.24. The molecule has 0 aromatic heterocycles. The summed E-state index contributed by atoms with van der Waals surface area (Å²) in [4.78, 5) is 5.00. The number of para-hydroxylation sites is 1. The van der Waals surface area contributed by atoms with Gasteiger partial charge in [0, 0.05) is 44.8 Å². The SMILES string of the molecule is CC(C)N1CCN(c2c(Cl)cccc2CNC2CC2)CC1. The van der Waals surface area contributed by atoms with Crippen LogP contribution >= 0.6 is 11.6 Å². The molecule has 116 valence electrons. The van der Waals surface area contributed by atoms with Crippen LogP contribution in [0.3, 0.4) is 0 Å². The van der Waals surface area contributed by atoms with Crippen molar-refractivity contribution in [2.24, 2.45) is 0 Å². The van der Waals surface area contributed by atoms with Gasteiger partial charge in [0.15, 0.2) is 0 Å². The standard InChI is InChI=1S/C17H26ClN3/c1-13(2)20-8-10-21(11-9-20)17-14(4-3-5-16(17)18)12-19-15-6-7-15/h3-5,13,15,19H,6-12H2,1-2H3. The molecular weight excluding hydrogens is 282 g/mol. The third-order valence-electron chi connectivity index (χ3n) is 4.59. The van der Waals surface area contributed by atoms with Crippen LogP contribution in [0.5, 0.6) is 0 Å². The summed E-state index contributed by atoms with van der Waals surface area (Å²) in [5.74, 6) is 0. The molecule has 1 aromatic rings. The van der Waals surface area contributed by atoms with Crippen molar-refractivity contribution in [3.8, 4) is 0 Å². The molecule has 0 bridgehead atoms. The van der Waals surface area contributed by atoms with Crippen molar-refractivity contribution in [1.82, 2.24) is 10.2 Å². The highest BCUT2D eigenvalue weighted by Crippen LogP contribution is 2.31. The van der Waals surface area contributed by atoms with E-state index in [0.717, 1.165) is 43.8 Å². The predicted octanol–water partition coefficient (Wildman–Crippen LogP) is 3.12. The Balaban J connectivity index is 1.71. The first kappa shape index (κ1) is 15.1. The summed E-state index contributed by atoms with van der Waals surface area (Å²) in [6.45, 7) is 9.87. The molecule has 0 unspecified atom stereocenters. The number of benzene rings is 1. The first-order valence-corrected chi connectivity index (χ1v) is 8.52. The van der Waals surface area contributed by atoms with E-state index in [-0.39, 0.29) is 0 Å². The van der Waals surface area contributed by atoms with Crippen LogP contribution in [0.2, 0.25) is 5.02 Å². The molecule has 0 amide bonds. The summed E-state index contributed by atoms with van der Waals surface area (Å²) >= 11 is 6.51. The van der Waals surface area contributed by atoms with Gasteiger partial charge in [-0.05, 0) is 38.3 Å². The smallest absolute Gasteiger partial charge is 0.0642 e. The molecule has 21 heavy (non-hydrogen) atoms. The molecule has 2 aliphatic rings. The fourth-order valence-electron chi connectivity index (χ4n) is 3.06. The van der Waals surface area contributed by atoms with Gasteiger partial charge in [-0.25, -0.2) is 0 Å². The average Bonchev–Trinajstić information content (AvgIpc) is 3.29. The Labute approximate surface area is 133 Å². The molecule has 0 atom stereocenters. The van der Waals surface area contributed by atoms with Gasteiger partial charge in [0.25, 0.3) is 0 Å². The van der Waals surface area contributed by atoms with E-state index < -0.39 is 0 Å². The molecule has 3 rings (SSSR count). The van der Waals surface area contributed by atoms with Gasteiger partial charge in [-0.15, -0.1) is 0 Å². The third-order valence-corrected chi connectivity index (χ3v) is 4.89. The lowest BCUT2D eigenvalue weighted by molar-refractivity contribution is 0.209. The van der Waals surface area contributed by atoms with E-state index in [9.17, 15) is 0 Å². The minimum Gasteiger partial charge on any atom is -0.367 e. The van der Waals surface area contributed by atoms with E-state index in [0.29, 0.717) is 6.04 Å². The highest BCUT2D eigenvalue weighted by atomic mass is 35.5. The Kier molecular flexibility index (Phi) is 4.72. The highest BCUT2D eigenvalue weighted by molar-refractivity contribution is 6.33.